The molecule has 1 saturated heterocycles. The standard InChI is InChI=1S/C15H21FN2O8/c1-8(2)5-10(21)25-7-18-9(20)3-4-17(14(18)24)13-11(22)12(23)15(16,6-19)26-13/h3-4,8,11-13,19,22-23H,5-7H2,1-2H3/t11-,12+,13-,15-/m1/s1. The lowest BCUT2D eigenvalue weighted by Crippen LogP contribution is -2.44. The normalized spacial score (nSPS) is 28.5. The van der Waals surface area contributed by atoms with Crippen LogP contribution in [0.5, 0.6) is 0 Å². The molecule has 1 aliphatic heterocycles. The third-order valence-corrected chi connectivity index (χ3v) is 3.89. The molecule has 10 nitrogen and oxygen atoms in total. The number of esters is 1. The average molecular weight is 376 g/mol. The van der Waals surface area contributed by atoms with Gasteiger partial charge in [-0.1, -0.05) is 13.8 Å². The molecule has 0 aromatic carbocycles. The van der Waals surface area contributed by atoms with E-state index < -0.39 is 54.8 Å². The summed E-state index contributed by atoms with van der Waals surface area (Å²) in [6.45, 7) is 1.66. The molecule has 1 aromatic rings. The van der Waals surface area contributed by atoms with Gasteiger partial charge in [-0.05, 0) is 5.92 Å². The van der Waals surface area contributed by atoms with E-state index in [1.54, 1.807) is 13.8 Å². The summed E-state index contributed by atoms with van der Waals surface area (Å²) in [6, 6.07) is 0.928. The van der Waals surface area contributed by atoms with Crippen LogP contribution in [0.3, 0.4) is 0 Å². The van der Waals surface area contributed by atoms with E-state index in [4.69, 9.17) is 14.6 Å². The Labute approximate surface area is 147 Å². The summed E-state index contributed by atoms with van der Waals surface area (Å²) in [7, 11) is 0. The average Bonchev–Trinajstić information content (AvgIpc) is 2.79. The van der Waals surface area contributed by atoms with E-state index >= 15 is 0 Å². The molecule has 0 unspecified atom stereocenters. The molecular weight excluding hydrogens is 355 g/mol. The SMILES string of the molecule is CC(C)CC(=O)OCn1c(=O)ccn([C@@H]2O[C@](F)(CO)[C@@H](O)[C@H]2O)c1=O. The number of hydrogen-bond acceptors (Lipinski definition) is 8. The summed E-state index contributed by atoms with van der Waals surface area (Å²) >= 11 is 0. The van der Waals surface area contributed by atoms with E-state index in [1.165, 1.54) is 0 Å². The Balaban J connectivity index is 2.29. The van der Waals surface area contributed by atoms with Crippen LogP contribution >= 0.6 is 0 Å². The van der Waals surface area contributed by atoms with Gasteiger partial charge in [0.2, 0.25) is 0 Å². The molecule has 0 bridgehead atoms. The minimum atomic E-state index is -2.96. The van der Waals surface area contributed by atoms with Crippen molar-refractivity contribution in [2.24, 2.45) is 5.92 Å². The van der Waals surface area contributed by atoms with Crippen LogP contribution in [-0.2, 0) is 21.0 Å². The zero-order chi connectivity index (χ0) is 19.6. The number of alkyl halides is 1. The zero-order valence-electron chi connectivity index (χ0n) is 14.2. The number of aliphatic hydroxyl groups is 3. The van der Waals surface area contributed by atoms with E-state index in [9.17, 15) is 29.0 Å². The van der Waals surface area contributed by atoms with Gasteiger partial charge in [0.05, 0.1) is 0 Å². The molecule has 0 spiro atoms. The molecule has 4 atom stereocenters. The van der Waals surface area contributed by atoms with E-state index in [2.05, 4.69) is 0 Å². The van der Waals surface area contributed by atoms with Crippen LogP contribution in [0.2, 0.25) is 0 Å². The van der Waals surface area contributed by atoms with Crippen molar-refractivity contribution in [1.29, 1.82) is 0 Å². The molecule has 1 aliphatic rings. The van der Waals surface area contributed by atoms with Crippen LogP contribution in [0.4, 0.5) is 4.39 Å². The van der Waals surface area contributed by atoms with Gasteiger partial charge in [0.15, 0.2) is 13.0 Å². The number of rotatable bonds is 6. The van der Waals surface area contributed by atoms with Gasteiger partial charge in [-0.3, -0.25) is 14.2 Å². The third kappa shape index (κ3) is 3.85. The first-order valence-corrected chi connectivity index (χ1v) is 7.92. The van der Waals surface area contributed by atoms with Gasteiger partial charge < -0.3 is 24.8 Å². The van der Waals surface area contributed by atoms with E-state index in [0.717, 1.165) is 12.3 Å². The molecular formula is C15H21FN2O8. The molecule has 0 aliphatic carbocycles. The number of aromatic nitrogens is 2. The van der Waals surface area contributed by atoms with E-state index in [-0.39, 0.29) is 12.3 Å². The monoisotopic (exact) mass is 376 g/mol. The van der Waals surface area contributed by atoms with E-state index in [0.29, 0.717) is 9.13 Å². The molecule has 0 amide bonds. The van der Waals surface area contributed by atoms with Crippen LogP contribution in [0, 0.1) is 5.92 Å². The smallest absolute Gasteiger partial charge is 0.335 e. The number of ether oxygens (including phenoxy) is 2. The van der Waals surface area contributed by atoms with Crippen molar-refractivity contribution >= 4 is 5.97 Å². The maximum absolute atomic E-state index is 14.2. The largest absolute Gasteiger partial charge is 0.444 e. The first-order chi connectivity index (χ1) is 12.1. The highest BCUT2D eigenvalue weighted by molar-refractivity contribution is 5.69. The molecule has 3 N–H and O–H groups in total. The Hall–Kier alpha value is -2.08. The van der Waals surface area contributed by atoms with Crippen molar-refractivity contribution in [2.75, 3.05) is 6.61 Å². The number of hydrogen-bond donors (Lipinski definition) is 3. The second-order valence-corrected chi connectivity index (χ2v) is 6.40. The minimum Gasteiger partial charge on any atom is -0.444 e. The Morgan fingerprint density at radius 1 is 1.42 bits per heavy atom. The van der Waals surface area contributed by atoms with Crippen LogP contribution in [-0.4, -0.2) is 55.1 Å². The summed E-state index contributed by atoms with van der Waals surface area (Å²) in [5.74, 6) is -3.56. The van der Waals surface area contributed by atoms with Crippen LogP contribution in [0.1, 0.15) is 26.5 Å². The molecule has 2 heterocycles. The first-order valence-electron chi connectivity index (χ1n) is 7.92. The van der Waals surface area contributed by atoms with Crippen molar-refractivity contribution in [3.8, 4) is 0 Å². The fraction of sp³-hybridized carbons (Fsp3) is 0.667. The molecule has 146 valence electrons. The highest BCUT2D eigenvalue weighted by atomic mass is 19.2. The van der Waals surface area contributed by atoms with Gasteiger partial charge in [-0.25, -0.2) is 13.8 Å². The summed E-state index contributed by atoms with van der Waals surface area (Å²) in [4.78, 5) is 35.9. The maximum Gasteiger partial charge on any atom is 0.335 e. The van der Waals surface area contributed by atoms with Crippen LogP contribution in [0.25, 0.3) is 0 Å². The highest BCUT2D eigenvalue weighted by Crippen LogP contribution is 2.37. The fourth-order valence-corrected chi connectivity index (χ4v) is 2.48. The Morgan fingerprint density at radius 3 is 2.62 bits per heavy atom. The number of halogens is 1. The maximum atomic E-state index is 14.2. The van der Waals surface area contributed by atoms with Gasteiger partial charge in [0.1, 0.15) is 18.8 Å². The number of carbonyl (C=O) groups excluding carboxylic acids is 1. The summed E-state index contributed by atoms with van der Waals surface area (Å²) in [5.41, 5.74) is -1.83. The lowest BCUT2D eigenvalue weighted by molar-refractivity contribution is -0.207. The number of nitrogens with zero attached hydrogens (tertiary/aromatic N) is 2. The predicted molar refractivity (Wildman–Crippen MR) is 83.6 cm³/mol. The molecule has 2 rings (SSSR count). The Bertz CT molecular complexity index is 776. The first kappa shape index (κ1) is 20.2. The molecule has 1 fully saturated rings. The highest BCUT2D eigenvalue weighted by Gasteiger charge is 2.56. The van der Waals surface area contributed by atoms with Crippen molar-refractivity contribution in [2.45, 2.75) is 51.3 Å². The van der Waals surface area contributed by atoms with Crippen molar-refractivity contribution in [3.63, 3.8) is 0 Å². The fourth-order valence-electron chi connectivity index (χ4n) is 2.48. The van der Waals surface area contributed by atoms with Gasteiger partial charge >= 0.3 is 11.7 Å². The Morgan fingerprint density at radius 2 is 2.08 bits per heavy atom. The van der Waals surface area contributed by atoms with Crippen molar-refractivity contribution in [1.82, 2.24) is 9.13 Å². The summed E-state index contributed by atoms with van der Waals surface area (Å²) in [5, 5.41) is 28.6. The lowest BCUT2D eigenvalue weighted by Gasteiger charge is -2.20. The lowest BCUT2D eigenvalue weighted by atomic mass is 10.1. The minimum absolute atomic E-state index is 0.0198. The molecule has 26 heavy (non-hydrogen) atoms. The molecule has 0 saturated carbocycles. The topological polar surface area (TPSA) is 140 Å². The molecule has 1 aromatic heterocycles. The van der Waals surface area contributed by atoms with Crippen molar-refractivity contribution in [3.05, 3.63) is 33.1 Å². The van der Waals surface area contributed by atoms with Gasteiger partial charge in [-0.15, -0.1) is 0 Å². The van der Waals surface area contributed by atoms with Gasteiger partial charge in [-0.2, -0.15) is 0 Å². The third-order valence-electron chi connectivity index (χ3n) is 3.89. The van der Waals surface area contributed by atoms with E-state index in [1.807, 2.05) is 0 Å². The number of carbonyl (C=O) groups is 1. The quantitative estimate of drug-likeness (QED) is 0.508. The second kappa shape index (κ2) is 7.66. The predicted octanol–water partition coefficient (Wildman–Crippen LogP) is -1.53. The zero-order valence-corrected chi connectivity index (χ0v) is 14.2. The van der Waals surface area contributed by atoms with Gasteiger partial charge in [0, 0.05) is 18.7 Å². The Kier molecular flexibility index (Phi) is 5.96. The van der Waals surface area contributed by atoms with Crippen LogP contribution < -0.4 is 11.2 Å². The van der Waals surface area contributed by atoms with Crippen molar-refractivity contribution < 1.29 is 34.0 Å². The van der Waals surface area contributed by atoms with Gasteiger partial charge in [0.25, 0.3) is 11.4 Å². The molecule has 11 heteroatoms. The second-order valence-electron chi connectivity index (χ2n) is 6.40. The summed E-state index contributed by atoms with van der Waals surface area (Å²) in [6.07, 6.45) is -4.63. The van der Waals surface area contributed by atoms with Crippen LogP contribution in [0.15, 0.2) is 21.9 Å². The summed E-state index contributed by atoms with van der Waals surface area (Å²) < 4.78 is 25.1. The molecule has 0 radical (unpaired) electrons. The number of aliphatic hydroxyl groups excluding tert-OH is 3.